The number of rotatable bonds is 7. The lowest BCUT2D eigenvalue weighted by atomic mass is 10.1. The molecule has 3 rings (SSSR count). The van der Waals surface area contributed by atoms with Crippen molar-refractivity contribution in [3.63, 3.8) is 0 Å². The summed E-state index contributed by atoms with van der Waals surface area (Å²) in [5.41, 5.74) is 1.27. The van der Waals surface area contributed by atoms with E-state index < -0.39 is 0 Å². The van der Waals surface area contributed by atoms with Crippen LogP contribution in [0.1, 0.15) is 49.9 Å². The van der Waals surface area contributed by atoms with Crippen molar-refractivity contribution in [2.45, 2.75) is 52.6 Å². The maximum Gasteiger partial charge on any atom is 0.191 e. The smallest absolute Gasteiger partial charge is 0.191 e. The van der Waals surface area contributed by atoms with Crippen LogP contribution < -0.4 is 15.4 Å². The molecule has 0 bridgehead atoms. The number of guanidine groups is 1. The van der Waals surface area contributed by atoms with Crippen LogP contribution in [0.3, 0.4) is 0 Å². The van der Waals surface area contributed by atoms with Crippen molar-refractivity contribution in [3.05, 3.63) is 41.5 Å². The summed E-state index contributed by atoms with van der Waals surface area (Å²) in [5, 5.41) is 11.4. The van der Waals surface area contributed by atoms with Gasteiger partial charge in [-0.05, 0) is 49.8 Å². The maximum absolute atomic E-state index is 5.74. The van der Waals surface area contributed by atoms with Gasteiger partial charge in [-0.1, -0.05) is 26.0 Å². The third kappa shape index (κ3) is 6.87. The molecule has 2 heterocycles. The molecule has 0 spiro atoms. The molecule has 1 atom stereocenters. The van der Waals surface area contributed by atoms with E-state index in [0.717, 1.165) is 62.3 Å². The second kappa shape index (κ2) is 11.4. The van der Waals surface area contributed by atoms with Gasteiger partial charge < -0.3 is 15.4 Å². The highest BCUT2D eigenvalue weighted by Gasteiger charge is 2.24. The van der Waals surface area contributed by atoms with Crippen LogP contribution in [0.5, 0.6) is 5.75 Å². The zero-order valence-corrected chi connectivity index (χ0v) is 20.1. The number of hydrogen-bond acceptors (Lipinski definition) is 4. The van der Waals surface area contributed by atoms with Crippen LogP contribution >= 0.6 is 24.0 Å². The number of aryl methyl sites for hydroxylation is 2. The largest absolute Gasteiger partial charge is 0.493 e. The standard InChI is InChI=1S/C21H32N6O.HI/c1-15(2)14-28-18-9-7-17(8-10-18)11-12-23-21(22-4)25-19-6-5-13-27-20(19)24-16(3)26-27;/h7-10,15,19H,5-6,11-14H2,1-4H3,(H2,22,23,25);1H. The number of fused-ring (bicyclic) bond motifs is 1. The monoisotopic (exact) mass is 512 g/mol. The second-order valence-electron chi connectivity index (χ2n) is 7.68. The van der Waals surface area contributed by atoms with Gasteiger partial charge >= 0.3 is 0 Å². The minimum Gasteiger partial charge on any atom is -0.493 e. The first kappa shape index (κ1) is 23.4. The Hall–Kier alpha value is -1.84. The third-order valence-corrected chi connectivity index (χ3v) is 4.73. The summed E-state index contributed by atoms with van der Waals surface area (Å²) in [4.78, 5) is 8.94. The quantitative estimate of drug-likeness (QED) is 0.338. The lowest BCUT2D eigenvalue weighted by Gasteiger charge is -2.25. The first-order valence-corrected chi connectivity index (χ1v) is 10.2. The summed E-state index contributed by atoms with van der Waals surface area (Å²) in [5.74, 6) is 4.09. The number of benzene rings is 1. The molecule has 2 aromatic rings. The molecule has 1 aromatic heterocycles. The fraction of sp³-hybridized carbons (Fsp3) is 0.571. The molecular formula is C21H33IN6O. The molecule has 2 N–H and O–H groups in total. The summed E-state index contributed by atoms with van der Waals surface area (Å²) >= 11 is 0. The molecule has 7 nitrogen and oxygen atoms in total. The van der Waals surface area contributed by atoms with Gasteiger partial charge in [0.15, 0.2) is 5.96 Å². The van der Waals surface area contributed by atoms with Gasteiger partial charge in [0, 0.05) is 20.1 Å². The topological polar surface area (TPSA) is 76.4 Å². The zero-order chi connectivity index (χ0) is 19.9. The number of aromatic nitrogens is 3. The molecular weight excluding hydrogens is 479 g/mol. The molecule has 1 aromatic carbocycles. The Labute approximate surface area is 190 Å². The van der Waals surface area contributed by atoms with Crippen LogP contribution in [0.2, 0.25) is 0 Å². The van der Waals surface area contributed by atoms with Crippen molar-refractivity contribution in [3.8, 4) is 5.75 Å². The minimum atomic E-state index is 0. The van der Waals surface area contributed by atoms with Crippen molar-refractivity contribution >= 4 is 29.9 Å². The predicted octanol–water partition coefficient (Wildman–Crippen LogP) is 3.48. The van der Waals surface area contributed by atoms with E-state index in [-0.39, 0.29) is 30.0 Å². The Morgan fingerprint density at radius 1 is 1.31 bits per heavy atom. The van der Waals surface area contributed by atoms with Crippen LogP contribution in [0, 0.1) is 12.8 Å². The second-order valence-corrected chi connectivity index (χ2v) is 7.68. The van der Waals surface area contributed by atoms with Crippen molar-refractivity contribution in [1.29, 1.82) is 0 Å². The van der Waals surface area contributed by atoms with Gasteiger partial charge in [-0.15, -0.1) is 24.0 Å². The molecule has 160 valence electrons. The van der Waals surface area contributed by atoms with Gasteiger partial charge in [0.25, 0.3) is 0 Å². The fourth-order valence-corrected chi connectivity index (χ4v) is 3.31. The Balaban J connectivity index is 0.00000300. The van der Waals surface area contributed by atoms with Crippen molar-refractivity contribution in [2.75, 3.05) is 20.2 Å². The van der Waals surface area contributed by atoms with E-state index in [1.807, 2.05) is 23.7 Å². The molecule has 0 saturated heterocycles. The molecule has 1 aliphatic heterocycles. The van der Waals surface area contributed by atoms with Crippen LogP contribution in [0.15, 0.2) is 29.3 Å². The highest BCUT2D eigenvalue weighted by Crippen LogP contribution is 2.22. The van der Waals surface area contributed by atoms with Gasteiger partial charge in [-0.3, -0.25) is 4.99 Å². The number of hydrogen-bond donors (Lipinski definition) is 2. The van der Waals surface area contributed by atoms with E-state index in [0.29, 0.717) is 5.92 Å². The predicted molar refractivity (Wildman–Crippen MR) is 127 cm³/mol. The lowest BCUT2D eigenvalue weighted by molar-refractivity contribution is 0.271. The van der Waals surface area contributed by atoms with Gasteiger partial charge in [0.05, 0.1) is 12.6 Å². The first-order valence-electron chi connectivity index (χ1n) is 10.2. The third-order valence-electron chi connectivity index (χ3n) is 4.73. The van der Waals surface area contributed by atoms with Gasteiger partial charge in [0.1, 0.15) is 17.4 Å². The Kier molecular flexibility index (Phi) is 9.19. The van der Waals surface area contributed by atoms with Crippen LogP contribution in [0.25, 0.3) is 0 Å². The number of nitrogens with zero attached hydrogens (tertiary/aromatic N) is 4. The normalized spacial score (nSPS) is 16.2. The molecule has 29 heavy (non-hydrogen) atoms. The zero-order valence-electron chi connectivity index (χ0n) is 17.8. The molecule has 0 radical (unpaired) electrons. The number of aliphatic imine (C=N–C) groups is 1. The summed E-state index contributed by atoms with van der Waals surface area (Å²) in [6.45, 7) is 8.74. The molecule has 0 fully saturated rings. The molecule has 1 unspecified atom stereocenters. The highest BCUT2D eigenvalue weighted by atomic mass is 127. The molecule has 8 heteroatoms. The van der Waals surface area contributed by atoms with Crippen molar-refractivity contribution in [2.24, 2.45) is 10.9 Å². The molecule has 0 amide bonds. The van der Waals surface area contributed by atoms with E-state index in [1.54, 1.807) is 7.05 Å². The molecule has 1 aliphatic rings. The Morgan fingerprint density at radius 3 is 2.76 bits per heavy atom. The van der Waals surface area contributed by atoms with E-state index in [4.69, 9.17) is 4.74 Å². The van der Waals surface area contributed by atoms with E-state index in [1.165, 1.54) is 5.56 Å². The number of ether oxygens (including phenoxy) is 1. The number of halogens is 1. The van der Waals surface area contributed by atoms with Crippen LogP contribution in [-0.2, 0) is 13.0 Å². The summed E-state index contributed by atoms with van der Waals surface area (Å²) in [7, 11) is 1.80. The van der Waals surface area contributed by atoms with Gasteiger partial charge in [-0.2, -0.15) is 5.10 Å². The summed E-state index contributed by atoms with van der Waals surface area (Å²) in [6, 6.07) is 8.49. The maximum atomic E-state index is 5.74. The van der Waals surface area contributed by atoms with Crippen LogP contribution in [0.4, 0.5) is 0 Å². The summed E-state index contributed by atoms with van der Waals surface area (Å²) < 4.78 is 7.75. The van der Waals surface area contributed by atoms with E-state index in [2.05, 4.69) is 51.7 Å². The van der Waals surface area contributed by atoms with E-state index in [9.17, 15) is 0 Å². The molecule has 0 aliphatic carbocycles. The average Bonchev–Trinajstić information content (AvgIpc) is 3.07. The fourth-order valence-electron chi connectivity index (χ4n) is 3.31. The lowest BCUT2D eigenvalue weighted by Crippen LogP contribution is -2.42. The minimum absolute atomic E-state index is 0. The van der Waals surface area contributed by atoms with Crippen molar-refractivity contribution < 1.29 is 4.74 Å². The average molecular weight is 512 g/mol. The summed E-state index contributed by atoms with van der Waals surface area (Å²) in [6.07, 6.45) is 3.05. The molecule has 0 saturated carbocycles. The van der Waals surface area contributed by atoms with Gasteiger partial charge in [-0.25, -0.2) is 9.67 Å². The Bertz CT molecular complexity index is 787. The van der Waals surface area contributed by atoms with E-state index >= 15 is 0 Å². The van der Waals surface area contributed by atoms with Gasteiger partial charge in [0.2, 0.25) is 0 Å². The number of nitrogens with one attached hydrogen (secondary N) is 2. The van der Waals surface area contributed by atoms with Crippen molar-refractivity contribution in [1.82, 2.24) is 25.4 Å². The highest BCUT2D eigenvalue weighted by molar-refractivity contribution is 14.0. The Morgan fingerprint density at radius 2 is 2.07 bits per heavy atom. The SMILES string of the molecule is CN=C(NCCc1ccc(OCC(C)C)cc1)NC1CCCn2nc(C)nc21.I. The van der Waals surface area contributed by atoms with Crippen LogP contribution in [-0.4, -0.2) is 40.9 Å². The first-order chi connectivity index (χ1) is 13.5.